The molecule has 112 valence electrons. The first-order valence-corrected chi connectivity index (χ1v) is 7.56. The zero-order valence-electron chi connectivity index (χ0n) is 11.2. The number of hydrogen-bond donors (Lipinski definition) is 1. The second kappa shape index (κ2) is 6.15. The second-order valence-electron chi connectivity index (χ2n) is 3.86. The van der Waals surface area contributed by atoms with E-state index in [0.29, 0.717) is 5.75 Å². The molecule has 0 fully saturated rings. The number of aromatic nitrogens is 2. The van der Waals surface area contributed by atoms with Crippen molar-refractivity contribution in [2.45, 2.75) is 4.90 Å². The third kappa shape index (κ3) is 3.53. The van der Waals surface area contributed by atoms with Crippen LogP contribution in [-0.2, 0) is 10.0 Å². The molecule has 1 N–H and O–H groups in total. The summed E-state index contributed by atoms with van der Waals surface area (Å²) in [4.78, 5) is -0.0393. The van der Waals surface area contributed by atoms with E-state index in [1.807, 2.05) is 0 Å². The fourth-order valence-electron chi connectivity index (χ4n) is 1.56. The Balaban J connectivity index is 2.37. The largest absolute Gasteiger partial charge is 0.497 e. The average Bonchev–Trinajstić information content (AvgIpc) is 2.48. The molecule has 21 heavy (non-hydrogen) atoms. The van der Waals surface area contributed by atoms with Crippen LogP contribution < -0.4 is 14.2 Å². The number of benzene rings is 1. The Morgan fingerprint density at radius 2 is 1.86 bits per heavy atom. The Morgan fingerprint density at radius 3 is 2.43 bits per heavy atom. The van der Waals surface area contributed by atoms with Gasteiger partial charge in [0.05, 0.1) is 14.2 Å². The van der Waals surface area contributed by atoms with Crippen molar-refractivity contribution in [1.29, 1.82) is 0 Å². The molecule has 1 aromatic heterocycles. The van der Waals surface area contributed by atoms with Crippen molar-refractivity contribution in [1.82, 2.24) is 10.2 Å². The van der Waals surface area contributed by atoms with Crippen LogP contribution in [0.2, 0.25) is 5.15 Å². The third-order valence-corrected chi connectivity index (χ3v) is 4.13. The maximum atomic E-state index is 12.3. The number of nitrogens with zero attached hydrogens (tertiary/aromatic N) is 2. The Hall–Kier alpha value is -2.06. The molecule has 0 atom stereocenters. The van der Waals surface area contributed by atoms with Crippen molar-refractivity contribution in [3.05, 3.63) is 35.5 Å². The maximum absolute atomic E-state index is 12.3. The molecule has 9 heteroatoms. The molecule has 1 heterocycles. The standard InChI is InChI=1S/C12H12ClN3O4S/c1-19-8-3-4-10(9(7-8)20-2)21(17,18)16-12-6-5-11(13)14-15-12/h3-7H,1-2H3,(H,15,16). The van der Waals surface area contributed by atoms with Crippen LogP contribution in [0.5, 0.6) is 11.5 Å². The lowest BCUT2D eigenvalue weighted by atomic mass is 10.3. The minimum Gasteiger partial charge on any atom is -0.497 e. The number of halogens is 1. The summed E-state index contributed by atoms with van der Waals surface area (Å²) in [5.41, 5.74) is 0. The van der Waals surface area contributed by atoms with E-state index in [9.17, 15) is 8.42 Å². The number of methoxy groups -OCH3 is 2. The summed E-state index contributed by atoms with van der Waals surface area (Å²) in [7, 11) is -1.02. The van der Waals surface area contributed by atoms with Crippen molar-refractivity contribution >= 4 is 27.4 Å². The molecule has 0 unspecified atom stereocenters. The molecule has 0 saturated heterocycles. The zero-order chi connectivity index (χ0) is 15.5. The summed E-state index contributed by atoms with van der Waals surface area (Å²) in [6, 6.07) is 7.20. The summed E-state index contributed by atoms with van der Waals surface area (Å²) in [6.07, 6.45) is 0. The van der Waals surface area contributed by atoms with E-state index < -0.39 is 10.0 Å². The van der Waals surface area contributed by atoms with Crippen LogP contribution in [0, 0.1) is 0 Å². The van der Waals surface area contributed by atoms with Gasteiger partial charge in [-0.1, -0.05) is 11.6 Å². The molecule has 0 spiro atoms. The molecule has 2 aromatic rings. The predicted molar refractivity (Wildman–Crippen MR) is 77.4 cm³/mol. The van der Waals surface area contributed by atoms with Crippen LogP contribution in [0.25, 0.3) is 0 Å². The molecule has 0 saturated carbocycles. The molecule has 0 aliphatic carbocycles. The van der Waals surface area contributed by atoms with E-state index in [-0.39, 0.29) is 21.6 Å². The van der Waals surface area contributed by atoms with E-state index >= 15 is 0 Å². The van der Waals surface area contributed by atoms with Gasteiger partial charge in [-0.25, -0.2) is 8.42 Å². The highest BCUT2D eigenvalue weighted by Crippen LogP contribution is 2.29. The van der Waals surface area contributed by atoms with E-state index in [1.165, 1.54) is 44.6 Å². The molecule has 0 amide bonds. The van der Waals surface area contributed by atoms with Gasteiger partial charge in [0, 0.05) is 6.07 Å². The number of anilines is 1. The van der Waals surface area contributed by atoms with Crippen LogP contribution >= 0.6 is 11.6 Å². The summed E-state index contributed by atoms with van der Waals surface area (Å²) in [5.74, 6) is 0.693. The number of nitrogens with one attached hydrogen (secondary N) is 1. The first-order chi connectivity index (χ1) is 9.96. The number of sulfonamides is 1. The number of ether oxygens (including phenoxy) is 2. The van der Waals surface area contributed by atoms with Gasteiger partial charge in [0.2, 0.25) is 0 Å². The monoisotopic (exact) mass is 329 g/mol. The Kier molecular flexibility index (Phi) is 4.49. The second-order valence-corrected chi connectivity index (χ2v) is 5.90. The normalized spacial score (nSPS) is 11.0. The molecule has 0 aliphatic rings. The quantitative estimate of drug-likeness (QED) is 0.901. The minimum atomic E-state index is -3.87. The SMILES string of the molecule is COc1ccc(S(=O)(=O)Nc2ccc(Cl)nn2)c(OC)c1. The van der Waals surface area contributed by atoms with Crippen molar-refractivity contribution in [2.75, 3.05) is 18.9 Å². The fourth-order valence-corrected chi connectivity index (χ4v) is 2.81. The lowest BCUT2D eigenvalue weighted by Crippen LogP contribution is -2.15. The Labute approximate surface area is 126 Å². The topological polar surface area (TPSA) is 90.4 Å². The fraction of sp³-hybridized carbons (Fsp3) is 0.167. The van der Waals surface area contributed by atoms with Gasteiger partial charge in [-0.05, 0) is 24.3 Å². The van der Waals surface area contributed by atoms with Crippen molar-refractivity contribution in [2.24, 2.45) is 0 Å². The highest BCUT2D eigenvalue weighted by molar-refractivity contribution is 7.92. The van der Waals surface area contributed by atoms with Gasteiger partial charge in [-0.2, -0.15) is 0 Å². The molecule has 0 radical (unpaired) electrons. The zero-order valence-corrected chi connectivity index (χ0v) is 12.8. The van der Waals surface area contributed by atoms with Crippen molar-refractivity contribution in [3.8, 4) is 11.5 Å². The average molecular weight is 330 g/mol. The first kappa shape index (κ1) is 15.3. The molecule has 7 nitrogen and oxygen atoms in total. The van der Waals surface area contributed by atoms with Gasteiger partial charge in [-0.3, -0.25) is 4.72 Å². The van der Waals surface area contributed by atoms with E-state index in [1.54, 1.807) is 0 Å². The van der Waals surface area contributed by atoms with Crippen LogP contribution in [-0.4, -0.2) is 32.8 Å². The molecular weight excluding hydrogens is 318 g/mol. The molecule has 0 aliphatic heterocycles. The van der Waals surface area contributed by atoms with Gasteiger partial charge in [0.15, 0.2) is 11.0 Å². The van der Waals surface area contributed by atoms with Crippen LogP contribution in [0.4, 0.5) is 5.82 Å². The molecule has 1 aromatic carbocycles. The van der Waals surface area contributed by atoms with Gasteiger partial charge in [0.1, 0.15) is 16.4 Å². The lowest BCUT2D eigenvalue weighted by molar-refractivity contribution is 0.386. The van der Waals surface area contributed by atoms with Crippen molar-refractivity contribution in [3.63, 3.8) is 0 Å². The summed E-state index contributed by atoms with van der Waals surface area (Å²) >= 11 is 5.60. The molecular formula is C12H12ClN3O4S. The summed E-state index contributed by atoms with van der Waals surface area (Å²) in [6.45, 7) is 0. The van der Waals surface area contributed by atoms with Gasteiger partial charge in [0.25, 0.3) is 10.0 Å². The van der Waals surface area contributed by atoms with E-state index in [4.69, 9.17) is 21.1 Å². The first-order valence-electron chi connectivity index (χ1n) is 5.70. The highest BCUT2D eigenvalue weighted by Gasteiger charge is 2.21. The smallest absolute Gasteiger partial charge is 0.266 e. The van der Waals surface area contributed by atoms with E-state index in [0.717, 1.165) is 0 Å². The summed E-state index contributed by atoms with van der Waals surface area (Å²) < 4.78 is 37.1. The maximum Gasteiger partial charge on any atom is 0.266 e. The number of rotatable bonds is 5. The van der Waals surface area contributed by atoms with Gasteiger partial charge in [-0.15, -0.1) is 10.2 Å². The minimum absolute atomic E-state index is 0.0393. The van der Waals surface area contributed by atoms with Crippen LogP contribution in [0.1, 0.15) is 0 Å². The van der Waals surface area contributed by atoms with Crippen molar-refractivity contribution < 1.29 is 17.9 Å². The van der Waals surface area contributed by atoms with Crippen LogP contribution in [0.15, 0.2) is 35.2 Å². The third-order valence-electron chi connectivity index (χ3n) is 2.53. The van der Waals surface area contributed by atoms with Gasteiger partial charge >= 0.3 is 0 Å². The summed E-state index contributed by atoms with van der Waals surface area (Å²) in [5, 5.41) is 7.37. The molecule has 2 rings (SSSR count). The highest BCUT2D eigenvalue weighted by atomic mass is 35.5. The van der Waals surface area contributed by atoms with Crippen LogP contribution in [0.3, 0.4) is 0 Å². The predicted octanol–water partition coefficient (Wildman–Crippen LogP) is 1.95. The lowest BCUT2D eigenvalue weighted by Gasteiger charge is -2.11. The number of hydrogen-bond acceptors (Lipinski definition) is 6. The molecule has 0 bridgehead atoms. The van der Waals surface area contributed by atoms with Gasteiger partial charge < -0.3 is 9.47 Å². The Bertz CT molecular complexity index is 735. The Morgan fingerprint density at radius 1 is 1.10 bits per heavy atom. The van der Waals surface area contributed by atoms with E-state index in [2.05, 4.69) is 14.9 Å².